The normalized spacial score (nSPS) is 16.1. The molecule has 3 aromatic rings. The number of phenols is 1. The molecule has 2 atom stereocenters. The van der Waals surface area contributed by atoms with Crippen LogP contribution in [0.15, 0.2) is 106 Å². The van der Waals surface area contributed by atoms with Gasteiger partial charge in [0.2, 0.25) is 11.2 Å². The lowest BCUT2D eigenvalue weighted by Gasteiger charge is -2.36. The molecule has 308 valence electrons. The van der Waals surface area contributed by atoms with E-state index in [1.807, 2.05) is 41.8 Å². The third kappa shape index (κ3) is 13.9. The molecule has 5 rings (SSSR count). The van der Waals surface area contributed by atoms with Crippen LogP contribution in [0.1, 0.15) is 62.3 Å². The highest BCUT2D eigenvalue weighted by atomic mass is 32.2. The summed E-state index contributed by atoms with van der Waals surface area (Å²) in [4.78, 5) is 39.8. The van der Waals surface area contributed by atoms with Gasteiger partial charge in [-0.3, -0.25) is 9.59 Å². The van der Waals surface area contributed by atoms with Crippen LogP contribution in [-0.4, -0.2) is 89.4 Å². The zero-order valence-electron chi connectivity index (χ0n) is 32.9. The lowest BCUT2D eigenvalue weighted by Crippen LogP contribution is -2.42. The molecule has 0 saturated heterocycles. The van der Waals surface area contributed by atoms with Crippen molar-refractivity contribution < 1.29 is 34.4 Å². The number of pyridine rings is 1. The molecule has 2 unspecified atom stereocenters. The van der Waals surface area contributed by atoms with Crippen molar-refractivity contribution in [2.75, 3.05) is 45.6 Å². The zero-order valence-corrected chi connectivity index (χ0v) is 34.6. The van der Waals surface area contributed by atoms with Crippen molar-refractivity contribution in [1.29, 1.82) is 0 Å². The second-order valence-electron chi connectivity index (χ2n) is 13.9. The van der Waals surface area contributed by atoms with Crippen LogP contribution >= 0.6 is 23.1 Å². The van der Waals surface area contributed by atoms with Crippen molar-refractivity contribution >= 4 is 46.4 Å². The third-order valence-electron chi connectivity index (χ3n) is 9.84. The Hall–Kier alpha value is -4.40. The molecule has 0 bridgehead atoms. The number of nitrogens with zero attached hydrogens (tertiary/aromatic N) is 1. The molecule has 3 heterocycles. The molecule has 1 aromatic carbocycles. The summed E-state index contributed by atoms with van der Waals surface area (Å²) in [5, 5.41) is 35.1. The Kier molecular flexibility index (Phi) is 19.4. The van der Waals surface area contributed by atoms with Gasteiger partial charge in [0, 0.05) is 48.9 Å². The number of aromatic amines is 1. The van der Waals surface area contributed by atoms with E-state index in [2.05, 4.69) is 59.7 Å². The number of esters is 1. The first kappa shape index (κ1) is 45.3. The molecule has 1 aliphatic heterocycles. The number of carbonyl (C=O) groups excluding carboxylic acids is 1. The molecule has 57 heavy (non-hydrogen) atoms. The van der Waals surface area contributed by atoms with Gasteiger partial charge in [-0.1, -0.05) is 61.9 Å². The predicted molar refractivity (Wildman–Crippen MR) is 231 cm³/mol. The Morgan fingerprint density at radius 1 is 1.19 bits per heavy atom. The first-order chi connectivity index (χ1) is 27.7. The minimum absolute atomic E-state index is 0.0802. The molecule has 1 aliphatic carbocycles. The number of aromatic hydroxyl groups is 1. The second kappa shape index (κ2) is 24.4. The predicted octanol–water partition coefficient (Wildman–Crippen LogP) is 7.44. The third-order valence-corrected chi connectivity index (χ3v) is 11.9. The minimum atomic E-state index is -1.77. The number of rotatable bonds is 22. The number of phenolic OH excluding ortho intramolecular Hbond substituents is 1. The molecule has 13 heteroatoms. The van der Waals surface area contributed by atoms with E-state index in [0.717, 1.165) is 82.0 Å². The maximum atomic E-state index is 13.7. The van der Waals surface area contributed by atoms with Gasteiger partial charge >= 0.3 is 5.97 Å². The summed E-state index contributed by atoms with van der Waals surface area (Å²) in [6.07, 6.45) is 23.5. The molecule has 2 aromatic heterocycles. The fourth-order valence-electron chi connectivity index (χ4n) is 6.64. The standard InChI is InChI=1S/C43H55N3O6S2.CH2O2/c1-3-12-32(31-44-24-23-33-19-21-36(47)41-35(33)20-22-40(48)45-41)13-9-27-51-28-11-26-46(2)25-6-4-16-37(34-14-8-15-34)52-42(49)43(50,39-18-10-30-54-39)38-17-5-7-29-53-38;2-1-3/h5-7,9-10,12-13,17-22,25,30,34,37,44,47,50H,3-4,8,11,14-16,23-24,26-29,31H2,1-2H3,(H,45,48);1H,(H,2,3)/b13-9-,25-6+,32-12+;. The number of nitrogens with one attached hydrogen (secondary N) is 2. The number of hydrogen-bond donors (Lipinski definition) is 5. The number of allylic oxidation sites excluding steroid dienone is 4. The van der Waals surface area contributed by atoms with Gasteiger partial charge in [-0.15, -0.1) is 23.1 Å². The van der Waals surface area contributed by atoms with Crippen LogP contribution in [0.4, 0.5) is 0 Å². The maximum Gasteiger partial charge on any atom is 0.349 e. The van der Waals surface area contributed by atoms with Gasteiger partial charge < -0.3 is 40.0 Å². The number of aliphatic hydroxyl groups is 1. The van der Waals surface area contributed by atoms with E-state index >= 15 is 0 Å². The van der Waals surface area contributed by atoms with E-state index in [1.54, 1.807) is 12.1 Å². The number of thiophene rings is 1. The van der Waals surface area contributed by atoms with E-state index in [-0.39, 0.29) is 23.9 Å². The molecular weight excluding hydrogens is 763 g/mol. The average molecular weight is 820 g/mol. The summed E-state index contributed by atoms with van der Waals surface area (Å²) in [6.45, 7) is 5.46. The topological polar surface area (TPSA) is 161 Å². The van der Waals surface area contributed by atoms with Crippen LogP contribution in [0.2, 0.25) is 0 Å². The average Bonchev–Trinajstić information content (AvgIpc) is 3.74. The van der Waals surface area contributed by atoms with Gasteiger partial charge in [-0.25, -0.2) is 4.79 Å². The van der Waals surface area contributed by atoms with Crippen molar-refractivity contribution in [2.24, 2.45) is 5.92 Å². The summed E-state index contributed by atoms with van der Waals surface area (Å²) in [7, 11) is 2.06. The summed E-state index contributed by atoms with van der Waals surface area (Å²) in [6, 6.07) is 10.5. The molecule has 5 N–H and O–H groups in total. The van der Waals surface area contributed by atoms with Crippen molar-refractivity contribution in [3.63, 3.8) is 0 Å². The van der Waals surface area contributed by atoms with Crippen LogP contribution in [0.25, 0.3) is 10.9 Å². The number of H-pyrrole nitrogens is 1. The Balaban J connectivity index is 0.00000232. The molecule has 0 spiro atoms. The molecular formula is C44H57N3O8S2. The van der Waals surface area contributed by atoms with Crippen molar-refractivity contribution in [3.8, 4) is 5.75 Å². The van der Waals surface area contributed by atoms with Gasteiger partial charge in [0.1, 0.15) is 11.9 Å². The number of ether oxygens (including phenoxy) is 2. The van der Waals surface area contributed by atoms with Crippen molar-refractivity contribution in [2.45, 2.75) is 70.0 Å². The summed E-state index contributed by atoms with van der Waals surface area (Å²) < 4.78 is 12.0. The van der Waals surface area contributed by atoms with E-state index in [9.17, 15) is 19.8 Å². The number of carbonyl (C=O) groups is 2. The van der Waals surface area contributed by atoms with Crippen LogP contribution in [0.5, 0.6) is 5.75 Å². The van der Waals surface area contributed by atoms with Crippen LogP contribution in [0, 0.1) is 5.92 Å². The lowest BCUT2D eigenvalue weighted by molar-refractivity contribution is -0.172. The highest BCUT2D eigenvalue weighted by Crippen LogP contribution is 2.43. The molecule has 1 saturated carbocycles. The largest absolute Gasteiger partial charge is 0.506 e. The van der Waals surface area contributed by atoms with E-state index in [1.165, 1.54) is 34.7 Å². The lowest BCUT2D eigenvalue weighted by atomic mass is 9.79. The van der Waals surface area contributed by atoms with Gasteiger partial charge in [-0.05, 0) is 104 Å². The number of aromatic nitrogens is 1. The molecule has 0 amide bonds. The number of hydrogen-bond acceptors (Lipinski definition) is 11. The summed E-state index contributed by atoms with van der Waals surface area (Å²) in [5.41, 5.74) is 0.749. The zero-order chi connectivity index (χ0) is 40.9. The number of fused-ring (bicyclic) bond motifs is 1. The first-order valence-corrected chi connectivity index (χ1v) is 21.5. The summed E-state index contributed by atoms with van der Waals surface area (Å²) in [5.74, 6) is 0.561. The fraction of sp³-hybridized carbons (Fsp3) is 0.432. The van der Waals surface area contributed by atoms with Crippen LogP contribution in [0.3, 0.4) is 0 Å². The Morgan fingerprint density at radius 2 is 2.02 bits per heavy atom. The molecule has 2 aliphatic rings. The number of benzene rings is 1. The van der Waals surface area contributed by atoms with Gasteiger partial charge in [-0.2, -0.15) is 0 Å². The van der Waals surface area contributed by atoms with Crippen molar-refractivity contribution in [3.05, 3.63) is 122 Å². The number of carboxylic acid groups (broad SMARTS) is 1. The maximum absolute atomic E-state index is 13.7. The first-order valence-electron chi connectivity index (χ1n) is 19.6. The summed E-state index contributed by atoms with van der Waals surface area (Å²) >= 11 is 2.85. The molecule has 11 nitrogen and oxygen atoms in total. The Morgan fingerprint density at radius 3 is 2.72 bits per heavy atom. The quantitative estimate of drug-likeness (QED) is 0.0297. The SMILES string of the molecule is CC/C=C(\C=C/COCCCN(C)/C=C/CCC(OC(=O)C(O)(C1=CC=CCS1)c1cccs1)C1CCC1)CNCCc1ccc(O)c2[nH]c(=O)ccc12.O=CO. The van der Waals surface area contributed by atoms with E-state index < -0.39 is 11.6 Å². The van der Waals surface area contributed by atoms with Crippen molar-refractivity contribution in [1.82, 2.24) is 15.2 Å². The van der Waals surface area contributed by atoms with Gasteiger partial charge in [0.15, 0.2) is 0 Å². The highest BCUT2D eigenvalue weighted by Gasteiger charge is 2.46. The molecule has 0 radical (unpaired) electrons. The van der Waals surface area contributed by atoms with E-state index in [4.69, 9.17) is 19.4 Å². The smallest absolute Gasteiger partial charge is 0.349 e. The monoisotopic (exact) mass is 819 g/mol. The van der Waals surface area contributed by atoms with Gasteiger partial charge in [0.05, 0.1) is 17.0 Å². The highest BCUT2D eigenvalue weighted by molar-refractivity contribution is 8.03. The fourth-order valence-corrected chi connectivity index (χ4v) is 8.50. The van der Waals surface area contributed by atoms with Crippen LogP contribution < -0.4 is 10.9 Å². The van der Waals surface area contributed by atoms with Crippen LogP contribution in [-0.2, 0) is 31.1 Å². The Labute approximate surface area is 343 Å². The minimum Gasteiger partial charge on any atom is -0.506 e. The van der Waals surface area contributed by atoms with Gasteiger partial charge in [0.25, 0.3) is 6.47 Å². The van der Waals surface area contributed by atoms with E-state index in [0.29, 0.717) is 40.2 Å². The Bertz CT molecular complexity index is 1920. The molecule has 1 fully saturated rings. The second-order valence-corrected chi connectivity index (χ2v) is 16.0. The number of thioether (sulfide) groups is 1.